The van der Waals surface area contributed by atoms with Gasteiger partial charge < -0.3 is 19.4 Å². The average Bonchev–Trinajstić information content (AvgIpc) is 3.32. The number of nitrogens with one attached hydrogen (secondary N) is 1. The summed E-state index contributed by atoms with van der Waals surface area (Å²) in [5.41, 5.74) is 6.09. The van der Waals surface area contributed by atoms with Crippen LogP contribution in [-0.2, 0) is 19.4 Å². The van der Waals surface area contributed by atoms with Gasteiger partial charge in [-0.15, -0.1) is 12.4 Å². The van der Waals surface area contributed by atoms with Crippen molar-refractivity contribution in [1.29, 1.82) is 0 Å². The fourth-order valence-corrected chi connectivity index (χ4v) is 4.38. The third kappa shape index (κ3) is 5.69. The molecule has 0 radical (unpaired) electrons. The van der Waals surface area contributed by atoms with Crippen molar-refractivity contribution in [3.05, 3.63) is 89.9 Å². The Labute approximate surface area is 213 Å². The summed E-state index contributed by atoms with van der Waals surface area (Å²) in [4.78, 5) is 5.03. The van der Waals surface area contributed by atoms with Crippen LogP contribution in [-0.4, -0.2) is 23.2 Å². The molecule has 0 spiro atoms. The van der Waals surface area contributed by atoms with Crippen molar-refractivity contribution >= 4 is 12.4 Å². The summed E-state index contributed by atoms with van der Waals surface area (Å²) in [6.07, 6.45) is 6.50. The maximum Gasteiger partial charge on any atom is 0.127 e. The minimum atomic E-state index is 0. The Morgan fingerprint density at radius 2 is 1.63 bits per heavy atom. The second-order valence-corrected chi connectivity index (χ2v) is 8.70. The number of aromatic nitrogens is 2. The van der Waals surface area contributed by atoms with Crippen LogP contribution in [0.15, 0.2) is 72.9 Å². The van der Waals surface area contributed by atoms with Crippen molar-refractivity contribution in [3.8, 4) is 34.2 Å². The number of aryl methyl sites for hydroxylation is 1. The van der Waals surface area contributed by atoms with E-state index < -0.39 is 0 Å². The average molecular weight is 490 g/mol. The van der Waals surface area contributed by atoms with Crippen LogP contribution in [0.4, 0.5) is 0 Å². The largest absolute Gasteiger partial charge is 0.497 e. The lowest BCUT2D eigenvalue weighted by Crippen LogP contribution is -2.23. The zero-order valence-corrected chi connectivity index (χ0v) is 21.1. The van der Waals surface area contributed by atoms with Gasteiger partial charge in [0.2, 0.25) is 0 Å². The Hall–Kier alpha value is -3.28. The second kappa shape index (κ2) is 11.4. The highest BCUT2D eigenvalue weighted by Crippen LogP contribution is 2.28. The second-order valence-electron chi connectivity index (χ2n) is 8.70. The van der Waals surface area contributed by atoms with Crippen LogP contribution in [0.5, 0.6) is 17.2 Å². The predicted molar refractivity (Wildman–Crippen MR) is 143 cm³/mol. The molecule has 0 aliphatic carbocycles. The van der Waals surface area contributed by atoms with E-state index >= 15 is 0 Å². The minimum Gasteiger partial charge on any atom is -0.497 e. The van der Waals surface area contributed by atoms with Gasteiger partial charge in [0.25, 0.3) is 0 Å². The number of fused-ring (bicyclic) bond motifs is 1. The van der Waals surface area contributed by atoms with Gasteiger partial charge in [0.1, 0.15) is 23.1 Å². The molecule has 4 aromatic rings. The van der Waals surface area contributed by atoms with Crippen LogP contribution in [0, 0.1) is 0 Å². The maximum absolute atomic E-state index is 5.99. The van der Waals surface area contributed by atoms with Crippen LogP contribution in [0.1, 0.15) is 36.7 Å². The lowest BCUT2D eigenvalue weighted by Gasteiger charge is -2.18. The summed E-state index contributed by atoms with van der Waals surface area (Å²) in [6, 6.07) is 22.6. The highest BCUT2D eigenvalue weighted by Gasteiger charge is 2.14. The summed E-state index contributed by atoms with van der Waals surface area (Å²) in [7, 11) is 1.66. The molecule has 1 N–H and O–H groups in total. The fourth-order valence-electron chi connectivity index (χ4n) is 4.38. The number of halogens is 1. The smallest absolute Gasteiger partial charge is 0.127 e. The topological polar surface area (TPSA) is 48.3 Å². The summed E-state index contributed by atoms with van der Waals surface area (Å²) < 4.78 is 13.5. The first-order valence-corrected chi connectivity index (χ1v) is 12.1. The number of unbranched alkanes of at least 4 members (excludes halogenated alkanes) is 1. The van der Waals surface area contributed by atoms with E-state index in [2.05, 4.69) is 53.3 Å². The SMILES string of the molecule is CCCCc1nc(-c2ccc(Oc3ccc(OC)cc3)cc2)cn1-c1ccc2c(c1)CNCC2.Cl. The maximum atomic E-state index is 5.99. The fraction of sp³-hybridized carbons (Fsp3) is 0.276. The Morgan fingerprint density at radius 1 is 0.914 bits per heavy atom. The molecular weight excluding hydrogens is 458 g/mol. The van der Waals surface area contributed by atoms with Crippen LogP contribution in [0.3, 0.4) is 0 Å². The van der Waals surface area contributed by atoms with Crippen molar-refractivity contribution in [2.45, 2.75) is 39.2 Å². The molecule has 0 unspecified atom stereocenters. The summed E-state index contributed by atoms with van der Waals surface area (Å²) in [5, 5.41) is 3.48. The van der Waals surface area contributed by atoms with Gasteiger partial charge in [0, 0.05) is 30.4 Å². The number of ether oxygens (including phenoxy) is 2. The van der Waals surface area contributed by atoms with Crippen molar-refractivity contribution in [3.63, 3.8) is 0 Å². The number of hydrogen-bond acceptors (Lipinski definition) is 4. The van der Waals surface area contributed by atoms with Crippen LogP contribution >= 0.6 is 12.4 Å². The van der Waals surface area contributed by atoms with E-state index in [0.717, 1.165) is 73.1 Å². The third-order valence-electron chi connectivity index (χ3n) is 6.33. The summed E-state index contributed by atoms with van der Waals surface area (Å²) in [6.45, 7) is 4.21. The molecule has 0 bridgehead atoms. The Balaban J connectivity index is 0.00000289. The first kappa shape index (κ1) is 24.8. The van der Waals surface area contributed by atoms with E-state index in [1.54, 1.807) is 7.11 Å². The highest BCUT2D eigenvalue weighted by atomic mass is 35.5. The van der Waals surface area contributed by atoms with Crippen molar-refractivity contribution < 1.29 is 9.47 Å². The number of methoxy groups -OCH3 is 1. The number of hydrogen-bond donors (Lipinski definition) is 1. The molecule has 35 heavy (non-hydrogen) atoms. The molecule has 1 aliphatic heterocycles. The van der Waals surface area contributed by atoms with E-state index in [1.807, 2.05) is 36.4 Å². The van der Waals surface area contributed by atoms with Crippen molar-refractivity contribution in [1.82, 2.24) is 14.9 Å². The van der Waals surface area contributed by atoms with E-state index in [-0.39, 0.29) is 12.4 Å². The number of rotatable bonds is 8. The van der Waals surface area contributed by atoms with Gasteiger partial charge in [0.15, 0.2) is 0 Å². The molecule has 0 saturated carbocycles. The zero-order chi connectivity index (χ0) is 23.3. The first-order valence-electron chi connectivity index (χ1n) is 12.1. The predicted octanol–water partition coefficient (Wildman–Crippen LogP) is 6.75. The quantitative estimate of drug-likeness (QED) is 0.297. The van der Waals surface area contributed by atoms with E-state index in [1.165, 1.54) is 16.8 Å². The Kier molecular flexibility index (Phi) is 8.11. The number of benzene rings is 3. The standard InChI is InChI=1S/C29H31N3O2.ClH/c1-3-4-5-29-31-28(20-32(29)24-9-6-21-16-17-30-19-23(21)18-24)22-7-10-26(11-8-22)34-27-14-12-25(33-2)13-15-27;/h6-15,18,20,30H,3-5,16-17,19H2,1-2H3;1H. The molecule has 5 nitrogen and oxygen atoms in total. The Bertz CT molecular complexity index is 1250. The van der Waals surface area contributed by atoms with Crippen LogP contribution in [0.2, 0.25) is 0 Å². The highest BCUT2D eigenvalue weighted by molar-refractivity contribution is 5.85. The summed E-state index contributed by atoms with van der Waals surface area (Å²) >= 11 is 0. The van der Waals surface area contributed by atoms with E-state index in [4.69, 9.17) is 14.5 Å². The van der Waals surface area contributed by atoms with Gasteiger partial charge in [-0.05, 0) is 91.2 Å². The molecule has 0 amide bonds. The van der Waals surface area contributed by atoms with Gasteiger partial charge >= 0.3 is 0 Å². The van der Waals surface area contributed by atoms with E-state index in [0.29, 0.717) is 0 Å². The molecule has 0 saturated heterocycles. The molecule has 2 heterocycles. The Morgan fingerprint density at radius 3 is 2.34 bits per heavy atom. The van der Waals surface area contributed by atoms with Gasteiger partial charge in [0.05, 0.1) is 12.8 Å². The van der Waals surface area contributed by atoms with Crippen LogP contribution < -0.4 is 14.8 Å². The van der Waals surface area contributed by atoms with Crippen molar-refractivity contribution in [2.75, 3.05) is 13.7 Å². The van der Waals surface area contributed by atoms with Gasteiger partial charge in [-0.3, -0.25) is 0 Å². The van der Waals surface area contributed by atoms with Gasteiger partial charge in [-0.25, -0.2) is 4.98 Å². The minimum absolute atomic E-state index is 0. The van der Waals surface area contributed by atoms with Gasteiger partial charge in [-0.2, -0.15) is 0 Å². The molecule has 6 heteroatoms. The molecule has 0 fully saturated rings. The number of imidazole rings is 1. The lowest BCUT2D eigenvalue weighted by molar-refractivity contribution is 0.413. The molecular formula is C29H32ClN3O2. The normalized spacial score (nSPS) is 12.5. The third-order valence-corrected chi connectivity index (χ3v) is 6.33. The molecule has 1 aromatic heterocycles. The van der Waals surface area contributed by atoms with E-state index in [9.17, 15) is 0 Å². The first-order chi connectivity index (χ1) is 16.7. The monoisotopic (exact) mass is 489 g/mol. The summed E-state index contributed by atoms with van der Waals surface area (Å²) in [5.74, 6) is 3.50. The molecule has 182 valence electrons. The molecule has 3 aromatic carbocycles. The lowest BCUT2D eigenvalue weighted by atomic mass is 10.0. The molecule has 1 aliphatic rings. The van der Waals surface area contributed by atoms with Crippen molar-refractivity contribution in [2.24, 2.45) is 0 Å². The van der Waals surface area contributed by atoms with Crippen LogP contribution in [0.25, 0.3) is 16.9 Å². The van der Waals surface area contributed by atoms with Gasteiger partial charge in [-0.1, -0.05) is 19.4 Å². The number of nitrogens with zero attached hydrogens (tertiary/aromatic N) is 2. The zero-order valence-electron chi connectivity index (χ0n) is 20.3. The molecule has 5 rings (SSSR count). The molecule has 0 atom stereocenters.